The largest absolute Gasteiger partial charge is 0.377 e. The Morgan fingerprint density at radius 2 is 1.90 bits per heavy atom. The molecule has 20 heavy (non-hydrogen) atoms. The minimum Gasteiger partial charge on any atom is -0.377 e. The molecule has 0 aliphatic rings. The van der Waals surface area contributed by atoms with E-state index in [2.05, 4.69) is 24.4 Å². The van der Waals surface area contributed by atoms with E-state index in [9.17, 15) is 4.39 Å². The summed E-state index contributed by atoms with van der Waals surface area (Å²) >= 11 is 6.13. The van der Waals surface area contributed by atoms with Crippen molar-refractivity contribution >= 4 is 17.3 Å². The Kier molecular flexibility index (Phi) is 5.42. The van der Waals surface area contributed by atoms with Gasteiger partial charge in [-0.05, 0) is 30.2 Å². The van der Waals surface area contributed by atoms with Crippen molar-refractivity contribution in [2.75, 3.05) is 5.32 Å². The highest BCUT2D eigenvalue weighted by Crippen LogP contribution is 2.29. The molecule has 2 rings (SSSR count). The summed E-state index contributed by atoms with van der Waals surface area (Å²) in [6, 6.07) is 14.8. The third kappa shape index (κ3) is 3.97. The first kappa shape index (κ1) is 14.9. The molecule has 0 heterocycles. The summed E-state index contributed by atoms with van der Waals surface area (Å²) < 4.78 is 13.4. The smallest absolute Gasteiger partial charge is 0.125 e. The third-order valence-electron chi connectivity index (χ3n) is 3.31. The van der Waals surface area contributed by atoms with Crippen LogP contribution < -0.4 is 5.32 Å². The molecular formula is C17H19ClFN. The Balaban J connectivity index is 2.21. The van der Waals surface area contributed by atoms with Crippen LogP contribution in [-0.2, 0) is 0 Å². The first-order chi connectivity index (χ1) is 9.70. The molecule has 0 fully saturated rings. The van der Waals surface area contributed by atoms with Gasteiger partial charge in [-0.25, -0.2) is 4.39 Å². The van der Waals surface area contributed by atoms with Crippen LogP contribution in [0.5, 0.6) is 0 Å². The van der Waals surface area contributed by atoms with Crippen LogP contribution in [0.1, 0.15) is 37.8 Å². The van der Waals surface area contributed by atoms with Crippen LogP contribution in [0, 0.1) is 5.82 Å². The maximum absolute atomic E-state index is 13.4. The van der Waals surface area contributed by atoms with Gasteiger partial charge in [0.25, 0.3) is 0 Å². The highest BCUT2D eigenvalue weighted by atomic mass is 35.5. The van der Waals surface area contributed by atoms with Gasteiger partial charge in [0.1, 0.15) is 5.82 Å². The van der Waals surface area contributed by atoms with Crippen molar-refractivity contribution < 1.29 is 4.39 Å². The monoisotopic (exact) mass is 291 g/mol. The molecule has 0 aliphatic heterocycles. The van der Waals surface area contributed by atoms with Gasteiger partial charge in [0.15, 0.2) is 0 Å². The van der Waals surface area contributed by atoms with Gasteiger partial charge in [0.2, 0.25) is 0 Å². The molecule has 1 unspecified atom stereocenters. The van der Waals surface area contributed by atoms with Gasteiger partial charge in [0.05, 0.1) is 16.8 Å². The number of halogens is 2. The molecule has 106 valence electrons. The lowest BCUT2D eigenvalue weighted by Crippen LogP contribution is -2.11. The second kappa shape index (κ2) is 7.30. The molecule has 0 aromatic heterocycles. The summed E-state index contributed by atoms with van der Waals surface area (Å²) in [6.45, 7) is 2.16. The third-order valence-corrected chi connectivity index (χ3v) is 3.64. The van der Waals surface area contributed by atoms with E-state index in [1.165, 1.54) is 17.7 Å². The van der Waals surface area contributed by atoms with Gasteiger partial charge in [-0.1, -0.05) is 61.7 Å². The first-order valence-corrected chi connectivity index (χ1v) is 7.35. The first-order valence-electron chi connectivity index (χ1n) is 6.97. The summed E-state index contributed by atoms with van der Waals surface area (Å²) in [7, 11) is 0. The highest BCUT2D eigenvalue weighted by molar-refractivity contribution is 6.33. The molecule has 1 N–H and O–H groups in total. The SMILES string of the molecule is CCCCC(Nc1cc(F)ccc1Cl)c1ccccc1. The van der Waals surface area contributed by atoms with E-state index in [1.807, 2.05) is 18.2 Å². The van der Waals surface area contributed by atoms with E-state index in [1.54, 1.807) is 6.07 Å². The number of unbranched alkanes of at least 4 members (excludes halogenated alkanes) is 1. The molecule has 0 saturated carbocycles. The van der Waals surface area contributed by atoms with Crippen LogP contribution in [0.25, 0.3) is 0 Å². The number of nitrogens with one attached hydrogen (secondary N) is 1. The fraction of sp³-hybridized carbons (Fsp3) is 0.294. The fourth-order valence-corrected chi connectivity index (χ4v) is 2.38. The van der Waals surface area contributed by atoms with E-state index < -0.39 is 0 Å². The van der Waals surface area contributed by atoms with E-state index in [0.29, 0.717) is 10.7 Å². The van der Waals surface area contributed by atoms with Gasteiger partial charge >= 0.3 is 0 Å². The summed E-state index contributed by atoms with van der Waals surface area (Å²) in [4.78, 5) is 0. The van der Waals surface area contributed by atoms with Crippen molar-refractivity contribution in [1.29, 1.82) is 0 Å². The average Bonchev–Trinajstić information content (AvgIpc) is 2.48. The normalized spacial score (nSPS) is 12.2. The summed E-state index contributed by atoms with van der Waals surface area (Å²) in [5.74, 6) is -0.279. The highest BCUT2D eigenvalue weighted by Gasteiger charge is 2.12. The maximum atomic E-state index is 13.4. The standard InChI is InChI=1S/C17H19ClFN/c1-2-3-9-16(13-7-5-4-6-8-13)20-17-12-14(19)10-11-15(17)18/h4-8,10-12,16,20H,2-3,9H2,1H3. The molecule has 0 spiro atoms. The van der Waals surface area contributed by atoms with Crippen molar-refractivity contribution in [3.63, 3.8) is 0 Å². The fourth-order valence-electron chi connectivity index (χ4n) is 2.21. The number of hydrogen-bond donors (Lipinski definition) is 1. The van der Waals surface area contributed by atoms with Crippen LogP contribution >= 0.6 is 11.6 Å². The number of hydrogen-bond acceptors (Lipinski definition) is 1. The van der Waals surface area contributed by atoms with Crippen LogP contribution in [0.2, 0.25) is 5.02 Å². The summed E-state index contributed by atoms with van der Waals surface area (Å²) in [6.07, 6.45) is 3.23. The Bertz CT molecular complexity index is 542. The molecule has 0 bridgehead atoms. The molecular weight excluding hydrogens is 273 g/mol. The average molecular weight is 292 g/mol. The van der Waals surface area contributed by atoms with Gasteiger partial charge in [-0.3, -0.25) is 0 Å². The zero-order chi connectivity index (χ0) is 14.4. The van der Waals surface area contributed by atoms with Crippen LogP contribution in [0.15, 0.2) is 48.5 Å². The number of anilines is 1. The number of benzene rings is 2. The van der Waals surface area contributed by atoms with E-state index >= 15 is 0 Å². The molecule has 1 atom stereocenters. The van der Waals surface area contributed by atoms with Gasteiger partial charge < -0.3 is 5.32 Å². The van der Waals surface area contributed by atoms with Crippen LogP contribution in [-0.4, -0.2) is 0 Å². The molecule has 3 heteroatoms. The Hall–Kier alpha value is -1.54. The van der Waals surface area contributed by atoms with Crippen molar-refractivity contribution in [3.8, 4) is 0 Å². The summed E-state index contributed by atoms with van der Waals surface area (Å²) in [5, 5.41) is 3.91. The molecule has 0 saturated heterocycles. The van der Waals surface area contributed by atoms with Gasteiger partial charge in [-0.2, -0.15) is 0 Å². The van der Waals surface area contributed by atoms with Gasteiger partial charge in [-0.15, -0.1) is 0 Å². The quantitative estimate of drug-likeness (QED) is 0.707. The maximum Gasteiger partial charge on any atom is 0.125 e. The Morgan fingerprint density at radius 3 is 2.60 bits per heavy atom. The predicted molar refractivity (Wildman–Crippen MR) is 83.7 cm³/mol. The minimum atomic E-state index is -0.279. The van der Waals surface area contributed by atoms with Crippen molar-refractivity contribution in [3.05, 3.63) is 64.9 Å². The van der Waals surface area contributed by atoms with Crippen molar-refractivity contribution in [2.45, 2.75) is 32.2 Å². The number of rotatable bonds is 6. The van der Waals surface area contributed by atoms with E-state index in [-0.39, 0.29) is 11.9 Å². The van der Waals surface area contributed by atoms with E-state index in [4.69, 9.17) is 11.6 Å². The van der Waals surface area contributed by atoms with Gasteiger partial charge in [0, 0.05) is 0 Å². The zero-order valence-electron chi connectivity index (χ0n) is 11.6. The Labute approximate surface area is 124 Å². The summed E-state index contributed by atoms with van der Waals surface area (Å²) in [5.41, 5.74) is 1.85. The van der Waals surface area contributed by atoms with E-state index in [0.717, 1.165) is 19.3 Å². The lowest BCUT2D eigenvalue weighted by Gasteiger charge is -2.21. The van der Waals surface area contributed by atoms with Crippen LogP contribution in [0.3, 0.4) is 0 Å². The molecule has 2 aromatic carbocycles. The lowest BCUT2D eigenvalue weighted by molar-refractivity contribution is 0.621. The van der Waals surface area contributed by atoms with Crippen LogP contribution in [0.4, 0.5) is 10.1 Å². The Morgan fingerprint density at radius 1 is 1.15 bits per heavy atom. The topological polar surface area (TPSA) is 12.0 Å². The minimum absolute atomic E-state index is 0.149. The predicted octanol–water partition coefficient (Wildman–Crippen LogP) is 5.82. The van der Waals surface area contributed by atoms with Crippen molar-refractivity contribution in [1.82, 2.24) is 0 Å². The zero-order valence-corrected chi connectivity index (χ0v) is 12.3. The lowest BCUT2D eigenvalue weighted by atomic mass is 10.0. The molecule has 2 aromatic rings. The second-order valence-corrected chi connectivity index (χ2v) is 5.28. The molecule has 1 nitrogen and oxygen atoms in total. The molecule has 0 aliphatic carbocycles. The van der Waals surface area contributed by atoms with Crippen molar-refractivity contribution in [2.24, 2.45) is 0 Å². The molecule has 0 radical (unpaired) electrons. The molecule has 0 amide bonds. The second-order valence-electron chi connectivity index (χ2n) is 4.87.